The van der Waals surface area contributed by atoms with E-state index < -0.39 is 0 Å². The number of aromatic nitrogens is 2. The van der Waals surface area contributed by atoms with Crippen molar-refractivity contribution in [3.8, 4) is 11.1 Å². The van der Waals surface area contributed by atoms with E-state index in [1.54, 1.807) is 0 Å². The zero-order valence-electron chi connectivity index (χ0n) is 11.4. The number of nitrogens with two attached hydrogens (primary N) is 1. The van der Waals surface area contributed by atoms with E-state index in [1.807, 2.05) is 4.68 Å². The third-order valence-electron chi connectivity index (χ3n) is 3.23. The van der Waals surface area contributed by atoms with Gasteiger partial charge in [-0.1, -0.05) is 19.1 Å². The van der Waals surface area contributed by atoms with Crippen LogP contribution < -0.4 is 5.73 Å². The van der Waals surface area contributed by atoms with Crippen LogP contribution in [0.3, 0.4) is 0 Å². The zero-order chi connectivity index (χ0) is 13.1. The van der Waals surface area contributed by atoms with Gasteiger partial charge in [-0.3, -0.25) is 4.68 Å². The number of benzene rings is 1. The van der Waals surface area contributed by atoms with Crippen LogP contribution in [0.1, 0.15) is 30.2 Å². The zero-order valence-corrected chi connectivity index (χ0v) is 11.4. The Bertz CT molecular complexity index is 541. The SMILES string of the molecule is CCCn1cc(-c2cc(CN)ccc2C)c(C)n1. The maximum absolute atomic E-state index is 5.72. The number of aryl methyl sites for hydroxylation is 3. The van der Waals surface area contributed by atoms with Gasteiger partial charge in [-0.25, -0.2) is 0 Å². The van der Waals surface area contributed by atoms with Crippen molar-refractivity contribution in [2.45, 2.75) is 40.3 Å². The highest BCUT2D eigenvalue weighted by atomic mass is 15.3. The molecule has 0 aliphatic carbocycles. The van der Waals surface area contributed by atoms with Crippen molar-refractivity contribution in [1.29, 1.82) is 0 Å². The van der Waals surface area contributed by atoms with Gasteiger partial charge in [-0.15, -0.1) is 0 Å². The maximum Gasteiger partial charge on any atom is 0.0672 e. The molecule has 0 bridgehead atoms. The summed E-state index contributed by atoms with van der Waals surface area (Å²) in [6, 6.07) is 6.40. The first-order chi connectivity index (χ1) is 8.65. The van der Waals surface area contributed by atoms with Crippen molar-refractivity contribution in [3.05, 3.63) is 41.2 Å². The lowest BCUT2D eigenvalue weighted by molar-refractivity contribution is 0.598. The lowest BCUT2D eigenvalue weighted by Crippen LogP contribution is -1.97. The third kappa shape index (κ3) is 2.46. The predicted octanol–water partition coefficient (Wildman–Crippen LogP) is 3.04. The molecule has 0 unspecified atom stereocenters. The van der Waals surface area contributed by atoms with Crippen molar-refractivity contribution < 1.29 is 0 Å². The highest BCUT2D eigenvalue weighted by Crippen LogP contribution is 2.27. The maximum atomic E-state index is 5.72. The molecule has 0 amide bonds. The van der Waals surface area contributed by atoms with Gasteiger partial charge in [0.25, 0.3) is 0 Å². The molecule has 1 aromatic carbocycles. The van der Waals surface area contributed by atoms with Gasteiger partial charge >= 0.3 is 0 Å². The highest BCUT2D eigenvalue weighted by Gasteiger charge is 2.10. The summed E-state index contributed by atoms with van der Waals surface area (Å²) in [4.78, 5) is 0. The molecule has 0 aliphatic heterocycles. The number of nitrogens with zero attached hydrogens (tertiary/aromatic N) is 2. The van der Waals surface area contributed by atoms with Crippen molar-refractivity contribution in [2.75, 3.05) is 0 Å². The molecule has 0 saturated heterocycles. The topological polar surface area (TPSA) is 43.8 Å². The fraction of sp³-hybridized carbons (Fsp3) is 0.400. The molecule has 18 heavy (non-hydrogen) atoms. The van der Waals surface area contributed by atoms with E-state index in [9.17, 15) is 0 Å². The van der Waals surface area contributed by atoms with Crippen LogP contribution in [-0.4, -0.2) is 9.78 Å². The fourth-order valence-electron chi connectivity index (χ4n) is 2.21. The quantitative estimate of drug-likeness (QED) is 0.897. The molecule has 2 rings (SSSR count). The van der Waals surface area contributed by atoms with Crippen LogP contribution in [-0.2, 0) is 13.1 Å². The molecule has 96 valence electrons. The van der Waals surface area contributed by atoms with Crippen molar-refractivity contribution >= 4 is 0 Å². The van der Waals surface area contributed by atoms with Crippen LogP contribution in [0.4, 0.5) is 0 Å². The van der Waals surface area contributed by atoms with Gasteiger partial charge in [0.15, 0.2) is 0 Å². The molecule has 0 atom stereocenters. The van der Waals surface area contributed by atoms with E-state index in [0.29, 0.717) is 6.54 Å². The summed E-state index contributed by atoms with van der Waals surface area (Å²) in [6.07, 6.45) is 3.24. The average molecular weight is 243 g/mol. The van der Waals surface area contributed by atoms with Crippen molar-refractivity contribution in [3.63, 3.8) is 0 Å². The summed E-state index contributed by atoms with van der Waals surface area (Å²) in [7, 11) is 0. The van der Waals surface area contributed by atoms with Gasteiger partial charge in [-0.2, -0.15) is 5.10 Å². The number of hydrogen-bond acceptors (Lipinski definition) is 2. The van der Waals surface area contributed by atoms with Crippen molar-refractivity contribution in [2.24, 2.45) is 5.73 Å². The molecule has 0 fully saturated rings. The number of rotatable bonds is 4. The summed E-state index contributed by atoms with van der Waals surface area (Å²) in [5, 5.41) is 4.56. The second-order valence-electron chi connectivity index (χ2n) is 4.74. The molecule has 0 aliphatic rings. The van der Waals surface area contributed by atoms with E-state index in [1.165, 1.54) is 22.3 Å². The Labute approximate surface area is 109 Å². The minimum absolute atomic E-state index is 0.579. The van der Waals surface area contributed by atoms with E-state index in [-0.39, 0.29) is 0 Å². The smallest absolute Gasteiger partial charge is 0.0672 e. The monoisotopic (exact) mass is 243 g/mol. The summed E-state index contributed by atoms with van der Waals surface area (Å²) in [5.41, 5.74) is 11.7. The van der Waals surface area contributed by atoms with Gasteiger partial charge in [-0.05, 0) is 43.0 Å². The fourth-order valence-corrected chi connectivity index (χ4v) is 2.21. The molecule has 2 N–H and O–H groups in total. The first-order valence-corrected chi connectivity index (χ1v) is 6.49. The second-order valence-corrected chi connectivity index (χ2v) is 4.74. The summed E-state index contributed by atoms with van der Waals surface area (Å²) in [5.74, 6) is 0. The minimum atomic E-state index is 0.579. The lowest BCUT2D eigenvalue weighted by Gasteiger charge is -2.07. The van der Waals surface area contributed by atoms with Crippen LogP contribution in [0.2, 0.25) is 0 Å². The van der Waals surface area contributed by atoms with E-state index in [0.717, 1.165) is 18.7 Å². The molecule has 0 saturated carbocycles. The highest BCUT2D eigenvalue weighted by molar-refractivity contribution is 5.69. The molecular formula is C15H21N3. The van der Waals surface area contributed by atoms with Gasteiger partial charge in [0.2, 0.25) is 0 Å². The molecule has 2 aromatic rings. The van der Waals surface area contributed by atoms with Crippen LogP contribution >= 0.6 is 0 Å². The van der Waals surface area contributed by atoms with E-state index >= 15 is 0 Å². The summed E-state index contributed by atoms with van der Waals surface area (Å²) < 4.78 is 2.03. The molecule has 0 spiro atoms. The van der Waals surface area contributed by atoms with Crippen LogP contribution in [0.25, 0.3) is 11.1 Å². The lowest BCUT2D eigenvalue weighted by atomic mass is 9.99. The first kappa shape index (κ1) is 12.8. The van der Waals surface area contributed by atoms with Gasteiger partial charge in [0, 0.05) is 24.8 Å². The Morgan fingerprint density at radius 2 is 2.00 bits per heavy atom. The van der Waals surface area contributed by atoms with Crippen molar-refractivity contribution in [1.82, 2.24) is 9.78 Å². The minimum Gasteiger partial charge on any atom is -0.326 e. The Hall–Kier alpha value is -1.61. The standard InChI is InChI=1S/C15H21N3/c1-4-7-18-10-15(12(3)17-18)14-8-13(9-16)6-5-11(14)2/h5-6,8,10H,4,7,9,16H2,1-3H3. The molecule has 3 heteroatoms. The predicted molar refractivity (Wildman–Crippen MR) is 75.3 cm³/mol. The number of hydrogen-bond donors (Lipinski definition) is 1. The second kappa shape index (κ2) is 5.36. The molecule has 1 heterocycles. The van der Waals surface area contributed by atoms with Gasteiger partial charge in [0.05, 0.1) is 5.69 Å². The Morgan fingerprint density at radius 1 is 1.22 bits per heavy atom. The summed E-state index contributed by atoms with van der Waals surface area (Å²) in [6.45, 7) is 7.91. The first-order valence-electron chi connectivity index (χ1n) is 6.49. The average Bonchev–Trinajstić information content (AvgIpc) is 2.71. The van der Waals surface area contributed by atoms with Crippen LogP contribution in [0.15, 0.2) is 24.4 Å². The molecular weight excluding hydrogens is 222 g/mol. The normalized spacial score (nSPS) is 10.9. The van der Waals surface area contributed by atoms with E-state index in [4.69, 9.17) is 5.73 Å². The van der Waals surface area contributed by atoms with Gasteiger partial charge < -0.3 is 5.73 Å². The molecule has 3 nitrogen and oxygen atoms in total. The van der Waals surface area contributed by atoms with Gasteiger partial charge in [0.1, 0.15) is 0 Å². The Balaban J connectivity index is 2.47. The summed E-state index contributed by atoms with van der Waals surface area (Å²) >= 11 is 0. The third-order valence-corrected chi connectivity index (χ3v) is 3.23. The molecule has 0 radical (unpaired) electrons. The van der Waals surface area contributed by atoms with E-state index in [2.05, 4.69) is 50.3 Å². The Kier molecular flexibility index (Phi) is 3.82. The van der Waals surface area contributed by atoms with Crippen LogP contribution in [0.5, 0.6) is 0 Å². The largest absolute Gasteiger partial charge is 0.326 e. The molecule has 1 aromatic heterocycles. The van der Waals surface area contributed by atoms with Crippen LogP contribution in [0, 0.1) is 13.8 Å². The Morgan fingerprint density at radius 3 is 2.67 bits per heavy atom.